The first kappa shape index (κ1) is 17.9. The van der Waals surface area contributed by atoms with Crippen molar-refractivity contribution in [3.8, 4) is 39.7 Å². The lowest BCUT2D eigenvalue weighted by atomic mass is 10.1. The number of aryl methyl sites for hydroxylation is 1. The van der Waals surface area contributed by atoms with Gasteiger partial charge in [-0.15, -0.1) is 0 Å². The summed E-state index contributed by atoms with van der Waals surface area (Å²) < 4.78 is 9.98. The first-order valence-electron chi connectivity index (χ1n) is 9.72. The molecule has 5 aromatic rings. The molecule has 0 saturated heterocycles. The van der Waals surface area contributed by atoms with E-state index in [4.69, 9.17) is 4.74 Å². The minimum atomic E-state index is 0.751. The smallest absolute Gasteiger partial charge is 0.139 e. The molecule has 2 aromatic heterocycles. The largest absolute Gasteiger partial charge is 0.457 e. The van der Waals surface area contributed by atoms with Crippen LogP contribution in [0.5, 0.6) is 11.5 Å². The molecule has 0 unspecified atom stereocenters. The van der Waals surface area contributed by atoms with Gasteiger partial charge in [0.05, 0.1) is 11.9 Å². The van der Waals surface area contributed by atoms with E-state index in [0.717, 1.165) is 39.7 Å². The molecule has 5 nitrogen and oxygen atoms in total. The molecule has 146 valence electrons. The van der Waals surface area contributed by atoms with E-state index in [0.29, 0.717) is 0 Å². The number of hydrogen-bond donors (Lipinski definition) is 0. The van der Waals surface area contributed by atoms with Crippen LogP contribution >= 0.6 is 0 Å². The van der Waals surface area contributed by atoms with Crippen LogP contribution in [0, 0.1) is 0 Å². The fourth-order valence-corrected chi connectivity index (χ4v) is 3.41. The molecule has 0 atom stereocenters. The van der Waals surface area contributed by atoms with E-state index in [1.54, 1.807) is 6.20 Å². The monoisotopic (exact) mass is 392 g/mol. The number of benzene rings is 3. The Morgan fingerprint density at radius 3 is 2.33 bits per heavy atom. The second kappa shape index (κ2) is 7.72. The molecule has 0 saturated carbocycles. The van der Waals surface area contributed by atoms with E-state index in [9.17, 15) is 0 Å². The highest BCUT2D eigenvalue weighted by molar-refractivity contribution is 5.62. The summed E-state index contributed by atoms with van der Waals surface area (Å²) in [6, 6.07) is 26.1. The maximum atomic E-state index is 6.13. The third kappa shape index (κ3) is 3.61. The van der Waals surface area contributed by atoms with Crippen molar-refractivity contribution < 1.29 is 4.74 Å². The minimum Gasteiger partial charge on any atom is -0.457 e. The van der Waals surface area contributed by atoms with Crippen molar-refractivity contribution in [2.75, 3.05) is 0 Å². The van der Waals surface area contributed by atoms with Crippen molar-refractivity contribution in [2.45, 2.75) is 0 Å². The highest BCUT2D eigenvalue weighted by atomic mass is 16.5. The van der Waals surface area contributed by atoms with E-state index >= 15 is 0 Å². The van der Waals surface area contributed by atoms with E-state index < -0.39 is 0 Å². The summed E-state index contributed by atoms with van der Waals surface area (Å²) in [6.45, 7) is 0. The van der Waals surface area contributed by atoms with Gasteiger partial charge in [0.2, 0.25) is 0 Å². The highest BCUT2D eigenvalue weighted by Gasteiger charge is 2.07. The molecule has 0 spiro atoms. The van der Waals surface area contributed by atoms with Gasteiger partial charge in [0, 0.05) is 42.8 Å². The third-order valence-corrected chi connectivity index (χ3v) is 4.92. The van der Waals surface area contributed by atoms with Crippen molar-refractivity contribution in [2.24, 2.45) is 7.05 Å². The van der Waals surface area contributed by atoms with Crippen LogP contribution < -0.4 is 4.74 Å². The number of imidazole rings is 1. The molecule has 0 N–H and O–H groups in total. The summed E-state index contributed by atoms with van der Waals surface area (Å²) in [5.74, 6) is 2.42. The Hall–Kier alpha value is -4.12. The average molecular weight is 392 g/mol. The quantitative estimate of drug-likeness (QED) is 0.384. The first-order valence-corrected chi connectivity index (χ1v) is 9.72. The highest BCUT2D eigenvalue weighted by Crippen LogP contribution is 2.28. The summed E-state index contributed by atoms with van der Waals surface area (Å²) in [5, 5.41) is 4.52. The zero-order valence-corrected chi connectivity index (χ0v) is 16.5. The van der Waals surface area contributed by atoms with Crippen LogP contribution in [0.1, 0.15) is 0 Å². The van der Waals surface area contributed by atoms with Gasteiger partial charge in [0.15, 0.2) is 0 Å². The molecular weight excluding hydrogens is 372 g/mol. The predicted molar refractivity (Wildman–Crippen MR) is 118 cm³/mol. The lowest BCUT2D eigenvalue weighted by Crippen LogP contribution is -1.95. The Balaban J connectivity index is 1.40. The summed E-state index contributed by atoms with van der Waals surface area (Å²) >= 11 is 0. The SMILES string of the molecule is Cn1ccnc1-c1cccc(Oc2cccc(-n3cc(-c4ccccc4)cn3)c2)c1. The molecular formula is C25H20N4O. The fraction of sp³-hybridized carbons (Fsp3) is 0.0400. The molecule has 3 aromatic carbocycles. The van der Waals surface area contributed by atoms with Crippen LogP contribution in [0.15, 0.2) is 104 Å². The summed E-state index contributed by atoms with van der Waals surface area (Å²) in [4.78, 5) is 4.41. The van der Waals surface area contributed by atoms with Crippen molar-refractivity contribution in [1.82, 2.24) is 19.3 Å². The Labute approximate surface area is 174 Å². The minimum absolute atomic E-state index is 0.751. The number of rotatable bonds is 5. The molecule has 5 rings (SSSR count). The molecule has 0 bridgehead atoms. The van der Waals surface area contributed by atoms with E-state index in [2.05, 4.69) is 22.2 Å². The molecule has 30 heavy (non-hydrogen) atoms. The van der Waals surface area contributed by atoms with Gasteiger partial charge in [0.25, 0.3) is 0 Å². The molecule has 0 amide bonds. The normalized spacial score (nSPS) is 10.8. The summed E-state index contributed by atoms with van der Waals surface area (Å²) in [5.41, 5.74) is 4.16. The van der Waals surface area contributed by atoms with Crippen molar-refractivity contribution in [3.05, 3.63) is 104 Å². The molecule has 0 fully saturated rings. The summed E-state index contributed by atoms with van der Waals surface area (Å²) in [6.07, 6.45) is 7.62. The number of aromatic nitrogens is 4. The third-order valence-electron chi connectivity index (χ3n) is 4.92. The Bertz CT molecular complexity index is 1290. The van der Waals surface area contributed by atoms with Crippen LogP contribution in [0.3, 0.4) is 0 Å². The van der Waals surface area contributed by atoms with Crippen LogP contribution in [0.25, 0.3) is 28.2 Å². The Morgan fingerprint density at radius 1 is 0.767 bits per heavy atom. The number of hydrogen-bond acceptors (Lipinski definition) is 3. The standard InChI is InChI=1S/C25H20N4O/c1-28-14-13-26-25(28)20-9-5-11-23(15-20)30-24-12-6-10-22(16-24)29-18-21(17-27-29)19-7-3-2-4-8-19/h2-18H,1H3. The van der Waals surface area contributed by atoms with Gasteiger partial charge < -0.3 is 9.30 Å². The van der Waals surface area contributed by atoms with Crippen molar-refractivity contribution in [3.63, 3.8) is 0 Å². The van der Waals surface area contributed by atoms with Crippen LogP contribution in [0.4, 0.5) is 0 Å². The van der Waals surface area contributed by atoms with E-state index in [-0.39, 0.29) is 0 Å². The average Bonchev–Trinajstić information content (AvgIpc) is 3.44. The second-order valence-electron chi connectivity index (χ2n) is 7.03. The second-order valence-corrected chi connectivity index (χ2v) is 7.03. The van der Waals surface area contributed by atoms with Gasteiger partial charge in [-0.1, -0.05) is 48.5 Å². The van der Waals surface area contributed by atoms with Crippen LogP contribution in [0.2, 0.25) is 0 Å². The van der Waals surface area contributed by atoms with Crippen molar-refractivity contribution in [1.29, 1.82) is 0 Å². The van der Waals surface area contributed by atoms with Crippen molar-refractivity contribution >= 4 is 0 Å². The number of ether oxygens (including phenoxy) is 1. The van der Waals surface area contributed by atoms with E-state index in [1.807, 2.05) is 102 Å². The zero-order chi connectivity index (χ0) is 20.3. The zero-order valence-electron chi connectivity index (χ0n) is 16.5. The maximum absolute atomic E-state index is 6.13. The van der Waals surface area contributed by atoms with Gasteiger partial charge in [-0.05, 0) is 29.8 Å². The molecule has 0 aliphatic rings. The molecule has 0 aliphatic heterocycles. The fourth-order valence-electron chi connectivity index (χ4n) is 3.41. The topological polar surface area (TPSA) is 44.9 Å². The van der Waals surface area contributed by atoms with E-state index in [1.165, 1.54) is 0 Å². The Morgan fingerprint density at radius 2 is 1.53 bits per heavy atom. The lowest BCUT2D eigenvalue weighted by molar-refractivity contribution is 0.482. The van der Waals surface area contributed by atoms with Crippen LogP contribution in [-0.2, 0) is 7.05 Å². The molecule has 0 aliphatic carbocycles. The summed E-state index contributed by atoms with van der Waals surface area (Å²) in [7, 11) is 1.98. The first-order chi connectivity index (χ1) is 14.8. The molecule has 5 heteroatoms. The Kier molecular flexibility index (Phi) is 4.62. The van der Waals surface area contributed by atoms with Crippen LogP contribution in [-0.4, -0.2) is 19.3 Å². The van der Waals surface area contributed by atoms with Gasteiger partial charge in [-0.3, -0.25) is 0 Å². The van der Waals surface area contributed by atoms with Gasteiger partial charge in [-0.25, -0.2) is 9.67 Å². The predicted octanol–water partition coefficient (Wildman–Crippen LogP) is 5.73. The lowest BCUT2D eigenvalue weighted by Gasteiger charge is -2.09. The molecule has 2 heterocycles. The van der Waals surface area contributed by atoms with Gasteiger partial charge >= 0.3 is 0 Å². The maximum Gasteiger partial charge on any atom is 0.139 e. The van der Waals surface area contributed by atoms with Gasteiger partial charge in [0.1, 0.15) is 17.3 Å². The number of nitrogens with zero attached hydrogens (tertiary/aromatic N) is 4. The molecule has 0 radical (unpaired) electrons. The van der Waals surface area contributed by atoms with Gasteiger partial charge in [-0.2, -0.15) is 5.10 Å².